The van der Waals surface area contributed by atoms with Crippen LogP contribution in [0.15, 0.2) is 0 Å². The van der Waals surface area contributed by atoms with E-state index in [1.807, 2.05) is 20.8 Å². The van der Waals surface area contributed by atoms with Crippen LogP contribution in [0.2, 0.25) is 0 Å². The van der Waals surface area contributed by atoms with E-state index in [0.717, 1.165) is 6.42 Å². The minimum atomic E-state index is -0.0318. The van der Waals surface area contributed by atoms with Gasteiger partial charge in [0, 0.05) is 6.42 Å². The highest BCUT2D eigenvalue weighted by Crippen LogP contribution is 2.06. The normalized spacial score (nSPS) is 13.4. The summed E-state index contributed by atoms with van der Waals surface area (Å²) in [5.41, 5.74) is 2.48. The second-order valence-electron chi connectivity index (χ2n) is 4.68. The van der Waals surface area contributed by atoms with Gasteiger partial charge in [-0.05, 0) is 25.2 Å². The first-order valence-electron chi connectivity index (χ1n) is 5.36. The average molecular weight is 201 g/mol. The predicted octanol–water partition coefficient (Wildman–Crippen LogP) is 2.51. The Balaban J connectivity index is 3.56. The first-order chi connectivity index (χ1) is 6.41. The maximum absolute atomic E-state index is 11.2. The third-order valence-corrected chi connectivity index (χ3v) is 1.77. The number of hydrogen-bond donors (Lipinski definition) is 1. The maximum atomic E-state index is 11.2. The standard InChI is InChI=1S/C11H23NO2/c1-8(2)6-10(5)14-12-11(13)7-9(3)4/h8-10H,6-7H2,1-5H3,(H,12,13). The Labute approximate surface area is 87.2 Å². The molecule has 84 valence electrons. The molecule has 1 N–H and O–H groups in total. The fourth-order valence-corrected chi connectivity index (χ4v) is 1.29. The van der Waals surface area contributed by atoms with E-state index in [0.29, 0.717) is 18.3 Å². The fourth-order valence-electron chi connectivity index (χ4n) is 1.29. The summed E-state index contributed by atoms with van der Waals surface area (Å²) in [5.74, 6) is 0.932. The third-order valence-electron chi connectivity index (χ3n) is 1.77. The Morgan fingerprint density at radius 1 is 1.14 bits per heavy atom. The van der Waals surface area contributed by atoms with Gasteiger partial charge in [-0.2, -0.15) is 0 Å². The van der Waals surface area contributed by atoms with Crippen molar-refractivity contribution < 1.29 is 9.63 Å². The molecule has 3 nitrogen and oxygen atoms in total. The molecule has 0 aliphatic heterocycles. The lowest BCUT2D eigenvalue weighted by Crippen LogP contribution is -2.29. The van der Waals surface area contributed by atoms with Gasteiger partial charge in [0.2, 0.25) is 5.91 Å². The van der Waals surface area contributed by atoms with Crippen molar-refractivity contribution in [2.24, 2.45) is 11.8 Å². The molecule has 0 saturated carbocycles. The lowest BCUT2D eigenvalue weighted by Gasteiger charge is -2.15. The Morgan fingerprint density at radius 3 is 2.14 bits per heavy atom. The van der Waals surface area contributed by atoms with Crippen LogP contribution in [0.25, 0.3) is 0 Å². The lowest BCUT2D eigenvalue weighted by atomic mass is 10.1. The summed E-state index contributed by atoms with van der Waals surface area (Å²) in [6.07, 6.45) is 1.57. The Hall–Kier alpha value is -0.570. The van der Waals surface area contributed by atoms with Gasteiger partial charge in [-0.1, -0.05) is 27.7 Å². The molecule has 0 aliphatic rings. The summed E-state index contributed by atoms with van der Waals surface area (Å²) in [6, 6.07) is 0. The van der Waals surface area contributed by atoms with Crippen LogP contribution in [0, 0.1) is 11.8 Å². The van der Waals surface area contributed by atoms with Gasteiger partial charge in [-0.25, -0.2) is 5.48 Å². The second kappa shape index (κ2) is 6.82. The van der Waals surface area contributed by atoms with Crippen molar-refractivity contribution in [2.45, 2.75) is 53.6 Å². The Morgan fingerprint density at radius 2 is 1.71 bits per heavy atom. The number of hydrogen-bond acceptors (Lipinski definition) is 2. The quantitative estimate of drug-likeness (QED) is 0.671. The molecular weight excluding hydrogens is 178 g/mol. The van der Waals surface area contributed by atoms with E-state index in [9.17, 15) is 4.79 Å². The smallest absolute Gasteiger partial charge is 0.243 e. The van der Waals surface area contributed by atoms with Crippen LogP contribution < -0.4 is 5.48 Å². The molecule has 0 radical (unpaired) electrons. The number of carbonyl (C=O) groups is 1. The average Bonchev–Trinajstić information content (AvgIpc) is 1.98. The second-order valence-corrected chi connectivity index (χ2v) is 4.68. The Bertz CT molecular complexity index is 167. The van der Waals surface area contributed by atoms with Crippen molar-refractivity contribution in [2.75, 3.05) is 0 Å². The number of hydroxylamine groups is 1. The van der Waals surface area contributed by atoms with E-state index < -0.39 is 0 Å². The van der Waals surface area contributed by atoms with Gasteiger partial charge in [0.25, 0.3) is 0 Å². The van der Waals surface area contributed by atoms with Crippen LogP contribution >= 0.6 is 0 Å². The van der Waals surface area contributed by atoms with Crippen molar-refractivity contribution >= 4 is 5.91 Å². The van der Waals surface area contributed by atoms with Gasteiger partial charge in [0.1, 0.15) is 0 Å². The summed E-state index contributed by atoms with van der Waals surface area (Å²) in [4.78, 5) is 16.4. The predicted molar refractivity (Wildman–Crippen MR) is 57.6 cm³/mol. The molecule has 3 heteroatoms. The summed E-state index contributed by atoms with van der Waals surface area (Å²) in [7, 11) is 0. The van der Waals surface area contributed by atoms with Gasteiger partial charge in [-0.3, -0.25) is 9.63 Å². The summed E-state index contributed by atoms with van der Waals surface area (Å²) >= 11 is 0. The van der Waals surface area contributed by atoms with Crippen molar-refractivity contribution in [3.05, 3.63) is 0 Å². The van der Waals surface area contributed by atoms with Gasteiger partial charge in [-0.15, -0.1) is 0 Å². The van der Waals surface area contributed by atoms with Crippen molar-refractivity contribution in [3.63, 3.8) is 0 Å². The van der Waals surface area contributed by atoms with Crippen LogP contribution in [-0.4, -0.2) is 12.0 Å². The van der Waals surface area contributed by atoms with Crippen molar-refractivity contribution in [1.82, 2.24) is 5.48 Å². The van der Waals surface area contributed by atoms with Crippen LogP contribution in [0.3, 0.4) is 0 Å². The number of carbonyl (C=O) groups excluding carboxylic acids is 1. The SMILES string of the molecule is CC(C)CC(=O)NOC(C)CC(C)C. The molecule has 14 heavy (non-hydrogen) atoms. The van der Waals surface area contributed by atoms with E-state index in [2.05, 4.69) is 19.3 Å². The first-order valence-corrected chi connectivity index (χ1v) is 5.36. The monoisotopic (exact) mass is 201 g/mol. The molecule has 0 saturated heterocycles. The zero-order valence-electron chi connectivity index (χ0n) is 9.96. The van der Waals surface area contributed by atoms with Gasteiger partial charge in [0.15, 0.2) is 0 Å². The lowest BCUT2D eigenvalue weighted by molar-refractivity contribution is -0.139. The number of nitrogens with one attached hydrogen (secondary N) is 1. The molecule has 0 aromatic heterocycles. The molecule has 0 aromatic carbocycles. The zero-order valence-corrected chi connectivity index (χ0v) is 9.96. The molecular formula is C11H23NO2. The number of amides is 1. The van der Waals surface area contributed by atoms with Gasteiger partial charge < -0.3 is 0 Å². The van der Waals surface area contributed by atoms with Crippen LogP contribution in [0.5, 0.6) is 0 Å². The van der Waals surface area contributed by atoms with E-state index in [-0.39, 0.29) is 12.0 Å². The third kappa shape index (κ3) is 8.05. The van der Waals surface area contributed by atoms with Crippen LogP contribution in [0.4, 0.5) is 0 Å². The highest BCUT2D eigenvalue weighted by Gasteiger charge is 2.09. The van der Waals surface area contributed by atoms with Gasteiger partial charge in [0.05, 0.1) is 6.10 Å². The van der Waals surface area contributed by atoms with Crippen molar-refractivity contribution in [3.8, 4) is 0 Å². The molecule has 1 atom stereocenters. The zero-order chi connectivity index (χ0) is 11.1. The topological polar surface area (TPSA) is 38.3 Å². The van der Waals surface area contributed by atoms with Gasteiger partial charge >= 0.3 is 0 Å². The largest absolute Gasteiger partial charge is 0.273 e. The van der Waals surface area contributed by atoms with E-state index in [4.69, 9.17) is 4.84 Å². The molecule has 1 unspecified atom stereocenters. The van der Waals surface area contributed by atoms with Crippen LogP contribution in [0.1, 0.15) is 47.5 Å². The molecule has 0 fully saturated rings. The summed E-state index contributed by atoms with van der Waals surface area (Å²) in [5, 5.41) is 0. The van der Waals surface area contributed by atoms with E-state index in [1.54, 1.807) is 0 Å². The maximum Gasteiger partial charge on any atom is 0.243 e. The van der Waals surface area contributed by atoms with E-state index in [1.165, 1.54) is 0 Å². The highest BCUT2D eigenvalue weighted by atomic mass is 16.7. The number of rotatable bonds is 6. The molecule has 0 aliphatic carbocycles. The molecule has 0 heterocycles. The summed E-state index contributed by atoms with van der Waals surface area (Å²) in [6.45, 7) is 10.3. The molecule has 1 amide bonds. The van der Waals surface area contributed by atoms with Crippen LogP contribution in [-0.2, 0) is 9.63 Å². The minimum Gasteiger partial charge on any atom is -0.273 e. The molecule has 0 bridgehead atoms. The highest BCUT2D eigenvalue weighted by molar-refractivity contribution is 5.74. The molecule has 0 aromatic rings. The van der Waals surface area contributed by atoms with E-state index >= 15 is 0 Å². The fraction of sp³-hybridized carbons (Fsp3) is 0.909. The summed E-state index contributed by atoms with van der Waals surface area (Å²) < 4.78 is 0. The first kappa shape index (κ1) is 13.4. The Kier molecular flexibility index (Phi) is 6.54. The van der Waals surface area contributed by atoms with Crippen molar-refractivity contribution in [1.29, 1.82) is 0 Å². The molecule has 0 spiro atoms. The molecule has 0 rings (SSSR count). The minimum absolute atomic E-state index is 0.0318.